The number of hydrogen-bond donors (Lipinski definition) is 2. The van der Waals surface area contributed by atoms with E-state index in [0.717, 1.165) is 12.0 Å². The molecule has 1 aliphatic carbocycles. The number of carbonyl (C=O) groups is 1. The van der Waals surface area contributed by atoms with Gasteiger partial charge in [0.2, 0.25) is 0 Å². The van der Waals surface area contributed by atoms with E-state index < -0.39 is 18.1 Å². The smallest absolute Gasteiger partial charge is 0.391 e. The van der Waals surface area contributed by atoms with Gasteiger partial charge in [0.25, 0.3) is 0 Å². The summed E-state index contributed by atoms with van der Waals surface area (Å²) in [7, 11) is 0. The number of carboxylic acids is 1. The van der Waals surface area contributed by atoms with Crippen LogP contribution in [-0.4, -0.2) is 22.2 Å². The first-order valence-electron chi connectivity index (χ1n) is 8.93. The molecule has 2 atom stereocenters. The molecular formula is C20H21F3N2O2. The van der Waals surface area contributed by atoms with Crippen LogP contribution in [0.1, 0.15) is 41.6 Å². The van der Waals surface area contributed by atoms with Crippen molar-refractivity contribution in [2.75, 3.05) is 5.32 Å². The number of hydrogen-bond acceptors (Lipinski definition) is 3. The third-order valence-corrected chi connectivity index (χ3v) is 4.98. The second kappa shape index (κ2) is 7.98. The summed E-state index contributed by atoms with van der Waals surface area (Å²) >= 11 is 0. The standard InChI is InChI=1S/C20H21F3N2O2/c21-20(22,23)16-5-1-3-13(10-16)9-14-7-8-24-18(11-14)25-17-6-2-4-15(12-17)19(26)27/h2,4,6-8,11-13,16H,1,3,5,9-10H2,(H,24,25)(H,26,27). The van der Waals surface area contributed by atoms with Gasteiger partial charge in [-0.25, -0.2) is 9.78 Å². The maximum absolute atomic E-state index is 13.0. The van der Waals surface area contributed by atoms with Gasteiger partial charge in [-0.05, 0) is 61.1 Å². The Balaban J connectivity index is 1.67. The molecule has 144 valence electrons. The van der Waals surface area contributed by atoms with E-state index in [1.165, 1.54) is 12.1 Å². The first-order chi connectivity index (χ1) is 12.8. The molecule has 0 saturated heterocycles. The number of alkyl halides is 3. The van der Waals surface area contributed by atoms with E-state index in [0.29, 0.717) is 24.3 Å². The number of nitrogens with zero attached hydrogens (tertiary/aromatic N) is 1. The van der Waals surface area contributed by atoms with Crippen LogP contribution in [0.15, 0.2) is 42.6 Å². The molecule has 1 aliphatic rings. The van der Waals surface area contributed by atoms with Gasteiger partial charge in [-0.2, -0.15) is 13.2 Å². The van der Waals surface area contributed by atoms with Gasteiger partial charge in [-0.1, -0.05) is 18.9 Å². The summed E-state index contributed by atoms with van der Waals surface area (Å²) < 4.78 is 39.0. The lowest BCUT2D eigenvalue weighted by Gasteiger charge is -2.30. The number of carboxylic acid groups (broad SMARTS) is 1. The fourth-order valence-corrected chi connectivity index (χ4v) is 3.65. The van der Waals surface area contributed by atoms with Gasteiger partial charge in [0, 0.05) is 11.9 Å². The molecule has 0 amide bonds. The van der Waals surface area contributed by atoms with Gasteiger partial charge in [0.05, 0.1) is 11.5 Å². The molecule has 27 heavy (non-hydrogen) atoms. The van der Waals surface area contributed by atoms with E-state index in [1.807, 2.05) is 12.1 Å². The fourth-order valence-electron chi connectivity index (χ4n) is 3.65. The van der Waals surface area contributed by atoms with E-state index in [-0.39, 0.29) is 24.3 Å². The molecule has 2 N–H and O–H groups in total. The minimum atomic E-state index is -4.11. The van der Waals surface area contributed by atoms with Crippen LogP contribution in [-0.2, 0) is 6.42 Å². The van der Waals surface area contributed by atoms with Crippen molar-refractivity contribution >= 4 is 17.5 Å². The van der Waals surface area contributed by atoms with Crippen LogP contribution < -0.4 is 5.32 Å². The van der Waals surface area contributed by atoms with E-state index >= 15 is 0 Å². The molecule has 2 aromatic rings. The fraction of sp³-hybridized carbons (Fsp3) is 0.400. The summed E-state index contributed by atoms with van der Waals surface area (Å²) in [5, 5.41) is 12.1. The summed E-state index contributed by atoms with van der Waals surface area (Å²) in [5.41, 5.74) is 1.68. The molecule has 0 radical (unpaired) electrons. The first-order valence-corrected chi connectivity index (χ1v) is 8.93. The number of nitrogens with one attached hydrogen (secondary N) is 1. The van der Waals surface area contributed by atoms with Crippen LogP contribution in [0.4, 0.5) is 24.7 Å². The van der Waals surface area contributed by atoms with Crippen molar-refractivity contribution in [1.82, 2.24) is 4.98 Å². The van der Waals surface area contributed by atoms with Crippen molar-refractivity contribution in [3.05, 3.63) is 53.7 Å². The normalized spacial score (nSPS) is 20.3. The summed E-state index contributed by atoms with van der Waals surface area (Å²) in [6, 6.07) is 9.99. The molecular weight excluding hydrogens is 357 g/mol. The van der Waals surface area contributed by atoms with Gasteiger partial charge in [-0.3, -0.25) is 0 Å². The monoisotopic (exact) mass is 378 g/mol. The van der Waals surface area contributed by atoms with Crippen LogP contribution in [0.5, 0.6) is 0 Å². The third-order valence-electron chi connectivity index (χ3n) is 4.98. The van der Waals surface area contributed by atoms with Crippen LogP contribution in [0.25, 0.3) is 0 Å². The predicted octanol–water partition coefficient (Wildman–Crippen LogP) is 5.43. The largest absolute Gasteiger partial charge is 0.478 e. The molecule has 4 nitrogen and oxygen atoms in total. The van der Waals surface area contributed by atoms with Crippen molar-refractivity contribution in [1.29, 1.82) is 0 Å². The Morgan fingerprint density at radius 1 is 1.22 bits per heavy atom. The number of aromatic nitrogens is 1. The average Bonchev–Trinajstić information content (AvgIpc) is 2.62. The van der Waals surface area contributed by atoms with Crippen LogP contribution in [0.3, 0.4) is 0 Å². The van der Waals surface area contributed by atoms with E-state index in [2.05, 4.69) is 10.3 Å². The summed E-state index contributed by atoms with van der Waals surface area (Å²) in [5.74, 6) is -1.67. The average molecular weight is 378 g/mol. The van der Waals surface area contributed by atoms with Crippen LogP contribution in [0, 0.1) is 11.8 Å². The SMILES string of the molecule is O=C(O)c1cccc(Nc2cc(CC3CCCC(C(F)(F)F)C3)ccn2)c1. The van der Waals surface area contributed by atoms with Crippen LogP contribution in [0.2, 0.25) is 0 Å². The summed E-state index contributed by atoms with van der Waals surface area (Å²) in [6.45, 7) is 0. The Labute approximate surface area is 155 Å². The molecule has 3 rings (SSSR count). The lowest BCUT2D eigenvalue weighted by molar-refractivity contribution is -0.185. The van der Waals surface area contributed by atoms with Gasteiger partial charge < -0.3 is 10.4 Å². The number of anilines is 2. The van der Waals surface area contributed by atoms with Crippen molar-refractivity contribution in [3.63, 3.8) is 0 Å². The minimum Gasteiger partial charge on any atom is -0.478 e. The molecule has 1 aromatic carbocycles. The highest BCUT2D eigenvalue weighted by atomic mass is 19.4. The van der Waals surface area contributed by atoms with Crippen LogP contribution >= 0.6 is 0 Å². The van der Waals surface area contributed by atoms with Crippen molar-refractivity contribution in [2.24, 2.45) is 11.8 Å². The maximum Gasteiger partial charge on any atom is 0.391 e. The molecule has 1 fully saturated rings. The molecule has 0 bridgehead atoms. The van der Waals surface area contributed by atoms with Crippen molar-refractivity contribution in [2.45, 2.75) is 38.3 Å². The zero-order chi connectivity index (χ0) is 19.4. The number of benzene rings is 1. The van der Waals surface area contributed by atoms with E-state index in [1.54, 1.807) is 18.3 Å². The number of pyridine rings is 1. The molecule has 1 saturated carbocycles. The second-order valence-corrected chi connectivity index (χ2v) is 7.04. The van der Waals surface area contributed by atoms with Crippen molar-refractivity contribution < 1.29 is 23.1 Å². The first kappa shape index (κ1) is 19.2. The Kier molecular flexibility index (Phi) is 5.68. The quantitative estimate of drug-likeness (QED) is 0.728. The molecule has 0 aliphatic heterocycles. The summed E-state index contributed by atoms with van der Waals surface area (Å²) in [4.78, 5) is 15.3. The van der Waals surface area contributed by atoms with Gasteiger partial charge >= 0.3 is 12.1 Å². The number of rotatable bonds is 5. The van der Waals surface area contributed by atoms with Gasteiger partial charge in [-0.15, -0.1) is 0 Å². The lowest BCUT2D eigenvalue weighted by Crippen LogP contribution is -2.29. The molecule has 2 unspecified atom stereocenters. The number of halogens is 3. The predicted molar refractivity (Wildman–Crippen MR) is 96.1 cm³/mol. The van der Waals surface area contributed by atoms with E-state index in [9.17, 15) is 18.0 Å². The molecule has 0 spiro atoms. The Morgan fingerprint density at radius 3 is 2.78 bits per heavy atom. The van der Waals surface area contributed by atoms with Crippen molar-refractivity contribution in [3.8, 4) is 0 Å². The highest BCUT2D eigenvalue weighted by Gasteiger charge is 2.41. The number of aromatic carboxylic acids is 1. The Bertz CT molecular complexity index is 808. The third kappa shape index (κ3) is 5.21. The molecule has 1 aromatic heterocycles. The zero-order valence-electron chi connectivity index (χ0n) is 14.7. The van der Waals surface area contributed by atoms with Gasteiger partial charge in [0.15, 0.2) is 0 Å². The Morgan fingerprint density at radius 2 is 2.04 bits per heavy atom. The lowest BCUT2D eigenvalue weighted by atomic mass is 9.78. The van der Waals surface area contributed by atoms with Gasteiger partial charge in [0.1, 0.15) is 5.82 Å². The zero-order valence-corrected chi connectivity index (χ0v) is 14.7. The highest BCUT2D eigenvalue weighted by Crippen LogP contribution is 2.40. The highest BCUT2D eigenvalue weighted by molar-refractivity contribution is 5.89. The van der Waals surface area contributed by atoms with E-state index in [4.69, 9.17) is 5.11 Å². The second-order valence-electron chi connectivity index (χ2n) is 7.04. The summed E-state index contributed by atoms with van der Waals surface area (Å²) in [6.07, 6.45) is -0.107. The minimum absolute atomic E-state index is 0.0102. The molecule has 1 heterocycles. The maximum atomic E-state index is 13.0. The Hall–Kier alpha value is -2.57. The molecule has 7 heteroatoms. The topological polar surface area (TPSA) is 62.2 Å².